The highest BCUT2D eigenvalue weighted by molar-refractivity contribution is 5.41. The maximum atomic E-state index is 2.32. The van der Waals surface area contributed by atoms with Crippen LogP contribution < -0.4 is 0 Å². The molecule has 0 fully saturated rings. The van der Waals surface area contributed by atoms with Crippen LogP contribution in [-0.2, 0) is 0 Å². The van der Waals surface area contributed by atoms with E-state index in [2.05, 4.69) is 39.0 Å². The van der Waals surface area contributed by atoms with Crippen LogP contribution in [0, 0.1) is 0 Å². The highest BCUT2D eigenvalue weighted by atomic mass is 14.1. The minimum absolute atomic E-state index is 1.20. The Balaban J connectivity index is 2.83. The Morgan fingerprint density at radius 3 is 2.36 bits per heavy atom. The Bertz CT molecular complexity index is 222. The maximum absolute atomic E-state index is 2.32. The second kappa shape index (κ2) is 3.56. The standard InChI is InChI=1S/C11H16/c1-9(2)10(3)11-7-5-4-6-8-11/h5,7-8H,4,6H2,1-3H3. The van der Waals surface area contributed by atoms with E-state index in [1.54, 1.807) is 0 Å². The highest BCUT2D eigenvalue weighted by Gasteiger charge is 1.99. The van der Waals surface area contributed by atoms with Crippen molar-refractivity contribution in [1.29, 1.82) is 0 Å². The van der Waals surface area contributed by atoms with E-state index < -0.39 is 0 Å². The van der Waals surface area contributed by atoms with Crippen LogP contribution in [0.1, 0.15) is 33.6 Å². The van der Waals surface area contributed by atoms with Crippen molar-refractivity contribution >= 4 is 0 Å². The third kappa shape index (κ3) is 2.07. The van der Waals surface area contributed by atoms with Gasteiger partial charge in [0, 0.05) is 0 Å². The smallest absolute Gasteiger partial charge is 0.0271 e. The highest BCUT2D eigenvalue weighted by Crippen LogP contribution is 2.19. The monoisotopic (exact) mass is 148 g/mol. The number of hydrogen-bond acceptors (Lipinski definition) is 0. The first-order valence-electron chi connectivity index (χ1n) is 4.23. The molecular formula is C11H16. The van der Waals surface area contributed by atoms with Crippen molar-refractivity contribution in [3.8, 4) is 0 Å². The van der Waals surface area contributed by atoms with E-state index in [9.17, 15) is 0 Å². The second-order valence-corrected chi connectivity index (χ2v) is 3.26. The van der Waals surface area contributed by atoms with Crippen LogP contribution in [0.2, 0.25) is 0 Å². The lowest BCUT2D eigenvalue weighted by molar-refractivity contribution is 1.01. The van der Waals surface area contributed by atoms with Crippen LogP contribution in [0.5, 0.6) is 0 Å². The SMILES string of the molecule is CC(C)=C(C)C1=CCCC=C1. The Labute approximate surface area is 69.3 Å². The third-order valence-corrected chi connectivity index (χ3v) is 2.18. The largest absolute Gasteiger partial charge is 0.0836 e. The van der Waals surface area contributed by atoms with Gasteiger partial charge in [0.25, 0.3) is 0 Å². The molecule has 0 saturated heterocycles. The minimum Gasteiger partial charge on any atom is -0.0836 e. The Morgan fingerprint density at radius 1 is 1.18 bits per heavy atom. The van der Waals surface area contributed by atoms with E-state index in [4.69, 9.17) is 0 Å². The molecule has 0 heteroatoms. The molecule has 0 atom stereocenters. The molecular weight excluding hydrogens is 132 g/mol. The van der Waals surface area contributed by atoms with Gasteiger partial charge in [0.15, 0.2) is 0 Å². The molecule has 60 valence electrons. The molecule has 0 spiro atoms. The summed E-state index contributed by atoms with van der Waals surface area (Å²) in [5.74, 6) is 0. The maximum Gasteiger partial charge on any atom is -0.0271 e. The molecule has 0 aliphatic heterocycles. The zero-order chi connectivity index (χ0) is 8.27. The molecule has 0 unspecified atom stereocenters. The van der Waals surface area contributed by atoms with E-state index in [1.807, 2.05) is 0 Å². The van der Waals surface area contributed by atoms with Crippen molar-refractivity contribution in [3.63, 3.8) is 0 Å². The molecule has 0 N–H and O–H groups in total. The molecule has 0 saturated carbocycles. The van der Waals surface area contributed by atoms with Crippen LogP contribution in [-0.4, -0.2) is 0 Å². The predicted octanol–water partition coefficient (Wildman–Crippen LogP) is 3.62. The van der Waals surface area contributed by atoms with Crippen molar-refractivity contribution in [2.45, 2.75) is 33.6 Å². The molecule has 0 heterocycles. The minimum atomic E-state index is 1.20. The van der Waals surface area contributed by atoms with E-state index in [1.165, 1.54) is 29.6 Å². The van der Waals surface area contributed by atoms with Gasteiger partial charge in [0.05, 0.1) is 0 Å². The van der Waals surface area contributed by atoms with E-state index in [0.717, 1.165) is 0 Å². The molecule has 1 rings (SSSR count). The molecule has 0 radical (unpaired) electrons. The van der Waals surface area contributed by atoms with Crippen LogP contribution in [0.15, 0.2) is 34.9 Å². The van der Waals surface area contributed by atoms with Crippen molar-refractivity contribution in [2.24, 2.45) is 0 Å². The van der Waals surface area contributed by atoms with Crippen LogP contribution in [0.4, 0.5) is 0 Å². The summed E-state index contributed by atoms with van der Waals surface area (Å²) < 4.78 is 0. The van der Waals surface area contributed by atoms with Gasteiger partial charge in [-0.05, 0) is 44.8 Å². The lowest BCUT2D eigenvalue weighted by Gasteiger charge is -2.08. The molecule has 0 aromatic carbocycles. The summed E-state index contributed by atoms with van der Waals surface area (Å²) >= 11 is 0. The number of allylic oxidation sites excluding steroid dienone is 6. The fourth-order valence-corrected chi connectivity index (χ4v) is 1.18. The van der Waals surface area contributed by atoms with Crippen LogP contribution in [0.3, 0.4) is 0 Å². The van der Waals surface area contributed by atoms with E-state index in [-0.39, 0.29) is 0 Å². The average molecular weight is 148 g/mol. The molecule has 0 aromatic heterocycles. The molecule has 1 aliphatic carbocycles. The first kappa shape index (κ1) is 8.32. The molecule has 0 bridgehead atoms. The number of rotatable bonds is 1. The van der Waals surface area contributed by atoms with Crippen molar-refractivity contribution < 1.29 is 0 Å². The molecule has 0 amide bonds. The summed E-state index contributed by atoms with van der Waals surface area (Å²) in [5, 5.41) is 0. The molecule has 1 aliphatic rings. The van der Waals surface area contributed by atoms with Crippen molar-refractivity contribution in [3.05, 3.63) is 34.9 Å². The Hall–Kier alpha value is -0.780. The average Bonchev–Trinajstić information content (AvgIpc) is 2.05. The normalized spacial score (nSPS) is 16.1. The van der Waals surface area contributed by atoms with Gasteiger partial charge >= 0.3 is 0 Å². The van der Waals surface area contributed by atoms with Gasteiger partial charge in [-0.1, -0.05) is 23.8 Å². The van der Waals surface area contributed by atoms with Gasteiger partial charge in [-0.15, -0.1) is 0 Å². The molecule has 0 nitrogen and oxygen atoms in total. The third-order valence-electron chi connectivity index (χ3n) is 2.18. The van der Waals surface area contributed by atoms with Gasteiger partial charge < -0.3 is 0 Å². The fourth-order valence-electron chi connectivity index (χ4n) is 1.18. The quantitative estimate of drug-likeness (QED) is 0.532. The zero-order valence-corrected chi connectivity index (χ0v) is 7.65. The van der Waals surface area contributed by atoms with Gasteiger partial charge in [-0.3, -0.25) is 0 Å². The van der Waals surface area contributed by atoms with Crippen LogP contribution >= 0.6 is 0 Å². The lowest BCUT2D eigenvalue weighted by Crippen LogP contribution is -1.88. The fraction of sp³-hybridized carbons (Fsp3) is 0.455. The first-order chi connectivity index (χ1) is 5.22. The summed E-state index contributed by atoms with van der Waals surface area (Å²) in [5.41, 5.74) is 4.26. The molecule has 0 aromatic rings. The van der Waals surface area contributed by atoms with Gasteiger partial charge in [0.1, 0.15) is 0 Å². The Kier molecular flexibility index (Phi) is 2.70. The lowest BCUT2D eigenvalue weighted by atomic mass is 9.98. The summed E-state index contributed by atoms with van der Waals surface area (Å²) in [4.78, 5) is 0. The zero-order valence-electron chi connectivity index (χ0n) is 7.65. The topological polar surface area (TPSA) is 0 Å². The van der Waals surface area contributed by atoms with E-state index >= 15 is 0 Å². The van der Waals surface area contributed by atoms with Crippen LogP contribution in [0.25, 0.3) is 0 Å². The predicted molar refractivity (Wildman–Crippen MR) is 50.5 cm³/mol. The van der Waals surface area contributed by atoms with Gasteiger partial charge in [-0.2, -0.15) is 0 Å². The summed E-state index contributed by atoms with van der Waals surface area (Å²) in [6, 6.07) is 0. The van der Waals surface area contributed by atoms with Gasteiger partial charge in [0.2, 0.25) is 0 Å². The summed E-state index contributed by atoms with van der Waals surface area (Å²) in [7, 11) is 0. The van der Waals surface area contributed by atoms with Crippen molar-refractivity contribution in [1.82, 2.24) is 0 Å². The van der Waals surface area contributed by atoms with Gasteiger partial charge in [-0.25, -0.2) is 0 Å². The van der Waals surface area contributed by atoms with E-state index in [0.29, 0.717) is 0 Å². The summed E-state index contributed by atoms with van der Waals surface area (Å²) in [6.45, 7) is 6.52. The molecule has 11 heavy (non-hydrogen) atoms. The Morgan fingerprint density at radius 2 is 1.91 bits per heavy atom. The summed E-state index contributed by atoms with van der Waals surface area (Å²) in [6.07, 6.45) is 9.21. The number of hydrogen-bond donors (Lipinski definition) is 0. The van der Waals surface area contributed by atoms with Crippen molar-refractivity contribution in [2.75, 3.05) is 0 Å². The first-order valence-corrected chi connectivity index (χ1v) is 4.23. The second-order valence-electron chi connectivity index (χ2n) is 3.26.